The largest absolute Gasteiger partial charge is 0.394 e. The number of aliphatic hydroxyl groups is 5. The second-order valence-corrected chi connectivity index (χ2v) is 6.78. The van der Waals surface area contributed by atoms with Crippen LogP contribution in [0.25, 0.3) is 0 Å². The highest BCUT2D eigenvalue weighted by Crippen LogP contribution is 2.38. The van der Waals surface area contributed by atoms with E-state index in [1.54, 1.807) is 0 Å². The van der Waals surface area contributed by atoms with Crippen molar-refractivity contribution < 1.29 is 39.7 Å². The van der Waals surface area contributed by atoms with Crippen molar-refractivity contribution in [3.05, 3.63) is 22.7 Å². The Hall–Kier alpha value is -1.64. The van der Waals surface area contributed by atoms with Gasteiger partial charge in [0.15, 0.2) is 12.5 Å². The highest BCUT2D eigenvalue weighted by atomic mass is 16.7. The molecule has 3 rings (SSSR count). The summed E-state index contributed by atoms with van der Waals surface area (Å²) in [5.74, 6) is -0.00122. The molecule has 0 amide bonds. The van der Waals surface area contributed by atoms with Crippen LogP contribution in [0.1, 0.15) is 13.2 Å². The molecule has 0 aromatic carbocycles. The predicted molar refractivity (Wildman–Crippen MR) is 87.2 cm³/mol. The van der Waals surface area contributed by atoms with E-state index in [2.05, 4.69) is 4.98 Å². The van der Waals surface area contributed by atoms with E-state index in [-0.39, 0.29) is 12.4 Å². The summed E-state index contributed by atoms with van der Waals surface area (Å²) in [4.78, 5) is 15.6. The van der Waals surface area contributed by atoms with E-state index in [9.17, 15) is 25.2 Å². The van der Waals surface area contributed by atoms with Crippen LogP contribution in [0.2, 0.25) is 0 Å². The Morgan fingerprint density at radius 2 is 2.00 bits per heavy atom. The van der Waals surface area contributed by atoms with Crippen LogP contribution in [0.15, 0.2) is 17.1 Å². The number of hydrogen-bond acceptors (Lipinski definition) is 11. The quantitative estimate of drug-likeness (QED) is 0.290. The molecule has 2 fully saturated rings. The zero-order chi connectivity index (χ0) is 19.9. The summed E-state index contributed by atoms with van der Waals surface area (Å²) < 4.78 is 17.1. The van der Waals surface area contributed by atoms with Crippen LogP contribution in [0.4, 0.5) is 5.82 Å². The first-order chi connectivity index (χ1) is 12.7. The van der Waals surface area contributed by atoms with Crippen molar-refractivity contribution in [2.75, 3.05) is 18.9 Å². The van der Waals surface area contributed by atoms with Crippen molar-refractivity contribution in [1.29, 1.82) is 0 Å². The molecule has 0 spiro atoms. The summed E-state index contributed by atoms with van der Waals surface area (Å²) in [6.07, 6.45) is -7.48. The van der Waals surface area contributed by atoms with Crippen LogP contribution >= 0.6 is 0 Å². The second kappa shape index (κ2) is 7.41. The monoisotopic (exact) mass is 389 g/mol. The van der Waals surface area contributed by atoms with E-state index >= 15 is 0 Å². The molecule has 0 radical (unpaired) electrons. The fourth-order valence-corrected chi connectivity index (χ4v) is 3.17. The fourth-order valence-electron chi connectivity index (χ4n) is 3.17. The summed E-state index contributed by atoms with van der Waals surface area (Å²) >= 11 is 0. The zero-order valence-corrected chi connectivity index (χ0v) is 14.5. The van der Waals surface area contributed by atoms with Crippen LogP contribution in [-0.4, -0.2) is 90.7 Å². The van der Waals surface area contributed by atoms with E-state index in [0.29, 0.717) is 0 Å². The molecule has 152 valence electrons. The first-order valence-electron chi connectivity index (χ1n) is 8.31. The number of aliphatic hydroxyl groups excluding tert-OH is 4. The smallest absolute Gasteiger partial charge is 0.351 e. The Morgan fingerprint density at radius 1 is 1.30 bits per heavy atom. The van der Waals surface area contributed by atoms with Gasteiger partial charge >= 0.3 is 5.69 Å². The van der Waals surface area contributed by atoms with Crippen molar-refractivity contribution in [3.8, 4) is 0 Å². The van der Waals surface area contributed by atoms with Gasteiger partial charge in [-0.2, -0.15) is 4.98 Å². The number of anilines is 1. The molecule has 12 heteroatoms. The molecular weight excluding hydrogens is 366 g/mol. The minimum atomic E-state index is -1.85. The van der Waals surface area contributed by atoms with Crippen LogP contribution in [0.3, 0.4) is 0 Å². The van der Waals surface area contributed by atoms with Gasteiger partial charge in [0.25, 0.3) is 0 Å². The molecule has 0 bridgehead atoms. The number of hydrogen-bond donors (Lipinski definition) is 6. The lowest BCUT2D eigenvalue weighted by Gasteiger charge is -2.27. The van der Waals surface area contributed by atoms with Crippen LogP contribution in [0.5, 0.6) is 0 Å². The van der Waals surface area contributed by atoms with E-state index in [0.717, 1.165) is 4.57 Å². The lowest BCUT2D eigenvalue weighted by atomic mass is 9.96. The summed E-state index contributed by atoms with van der Waals surface area (Å²) in [6.45, 7) is 0.458. The molecule has 7 N–H and O–H groups in total. The number of rotatable bonds is 5. The average Bonchev–Trinajstić information content (AvgIpc) is 3.01. The van der Waals surface area contributed by atoms with Gasteiger partial charge in [-0.3, -0.25) is 4.57 Å². The molecule has 1 aromatic heterocycles. The normalized spacial score (nSPS) is 41.9. The van der Waals surface area contributed by atoms with E-state index in [1.807, 2.05) is 0 Å². The maximum atomic E-state index is 12.0. The summed E-state index contributed by atoms with van der Waals surface area (Å²) in [5.41, 5.74) is 2.82. The molecule has 1 aromatic rings. The molecule has 2 aliphatic heterocycles. The predicted octanol–water partition coefficient (Wildman–Crippen LogP) is -3.71. The number of nitrogens with two attached hydrogens (primary N) is 1. The lowest BCUT2D eigenvalue weighted by molar-refractivity contribution is -0.190. The number of ether oxygens (including phenoxy) is 3. The van der Waals surface area contributed by atoms with Crippen LogP contribution < -0.4 is 11.4 Å². The molecular formula is C15H23N3O9. The number of aromatic nitrogens is 2. The minimum absolute atomic E-state index is 0.00122. The molecule has 12 nitrogen and oxygen atoms in total. The summed E-state index contributed by atoms with van der Waals surface area (Å²) in [6, 6.07) is 1.34. The lowest BCUT2D eigenvalue weighted by Crippen LogP contribution is -2.46. The van der Waals surface area contributed by atoms with Crippen molar-refractivity contribution >= 4 is 5.82 Å². The van der Waals surface area contributed by atoms with Gasteiger partial charge in [0.1, 0.15) is 41.9 Å². The number of nitrogens with zero attached hydrogens (tertiary/aromatic N) is 2. The SMILES string of the molecule is C[C@@]1(O)[C@H](O)[C@@H](COC2O[C@H](CO)[C@@H](O)[C@H]2O)O[C@H]1n1ccc(N)nc1=O. The van der Waals surface area contributed by atoms with Gasteiger partial charge < -0.3 is 45.5 Å². The molecule has 2 aliphatic rings. The molecule has 8 atom stereocenters. The molecule has 0 aliphatic carbocycles. The first kappa shape index (κ1) is 20.1. The van der Waals surface area contributed by atoms with Crippen LogP contribution in [-0.2, 0) is 14.2 Å². The molecule has 1 unspecified atom stereocenters. The highest BCUT2D eigenvalue weighted by Gasteiger charge is 2.54. The van der Waals surface area contributed by atoms with Gasteiger partial charge in [-0.25, -0.2) is 4.79 Å². The summed E-state index contributed by atoms with van der Waals surface area (Å²) in [7, 11) is 0. The van der Waals surface area contributed by atoms with Gasteiger partial charge in [0.05, 0.1) is 13.2 Å². The first-order valence-corrected chi connectivity index (χ1v) is 8.31. The Kier molecular flexibility index (Phi) is 5.52. The minimum Gasteiger partial charge on any atom is -0.394 e. The van der Waals surface area contributed by atoms with Crippen LogP contribution in [0, 0.1) is 0 Å². The van der Waals surface area contributed by atoms with Gasteiger partial charge in [-0.1, -0.05) is 0 Å². The molecule has 3 heterocycles. The van der Waals surface area contributed by atoms with E-state index in [4.69, 9.17) is 25.1 Å². The highest BCUT2D eigenvalue weighted by molar-refractivity contribution is 5.23. The Balaban J connectivity index is 1.70. The topological polar surface area (TPSA) is 190 Å². The van der Waals surface area contributed by atoms with Gasteiger partial charge in [0, 0.05) is 6.20 Å². The Labute approximate surface area is 153 Å². The zero-order valence-electron chi connectivity index (χ0n) is 14.5. The molecule has 2 saturated heterocycles. The Morgan fingerprint density at radius 3 is 2.59 bits per heavy atom. The van der Waals surface area contributed by atoms with Crippen molar-refractivity contribution in [1.82, 2.24) is 9.55 Å². The van der Waals surface area contributed by atoms with Crippen molar-refractivity contribution in [3.63, 3.8) is 0 Å². The maximum absolute atomic E-state index is 12.0. The summed E-state index contributed by atoms with van der Waals surface area (Å²) in [5, 5.41) is 49.6. The third-order valence-corrected chi connectivity index (χ3v) is 4.78. The van der Waals surface area contributed by atoms with E-state index < -0.39 is 60.9 Å². The maximum Gasteiger partial charge on any atom is 0.351 e. The van der Waals surface area contributed by atoms with Gasteiger partial charge in [0.2, 0.25) is 0 Å². The second-order valence-electron chi connectivity index (χ2n) is 6.78. The van der Waals surface area contributed by atoms with Crippen molar-refractivity contribution in [2.45, 2.75) is 55.6 Å². The van der Waals surface area contributed by atoms with Gasteiger partial charge in [-0.05, 0) is 13.0 Å². The number of nitrogen functional groups attached to an aromatic ring is 1. The third-order valence-electron chi connectivity index (χ3n) is 4.78. The molecule has 27 heavy (non-hydrogen) atoms. The average molecular weight is 389 g/mol. The van der Waals surface area contributed by atoms with Gasteiger partial charge in [-0.15, -0.1) is 0 Å². The third kappa shape index (κ3) is 3.58. The fraction of sp³-hybridized carbons (Fsp3) is 0.733. The standard InChI is InChI=1S/C15H23N3O9/c1-15(24)11(22)7(5-25-12-10(21)9(20)6(4-19)26-12)27-13(15)18-3-2-8(16)17-14(18)23/h2-3,6-7,9-13,19-22,24H,4-5H2,1H3,(H2,16,17,23)/t6-,7-,9-,10-,11-,12?,13-,15-/m1/s1. The van der Waals surface area contributed by atoms with Crippen molar-refractivity contribution in [2.24, 2.45) is 0 Å². The van der Waals surface area contributed by atoms with E-state index in [1.165, 1.54) is 19.2 Å². The molecule has 0 saturated carbocycles. The Bertz CT molecular complexity index is 727.